The van der Waals surface area contributed by atoms with Crippen molar-refractivity contribution >= 4 is 5.96 Å². The lowest BCUT2D eigenvalue weighted by Crippen LogP contribution is -2.41. The third kappa shape index (κ3) is 7.38. The summed E-state index contributed by atoms with van der Waals surface area (Å²) < 4.78 is 13.3. The Balaban J connectivity index is 1.93. The van der Waals surface area contributed by atoms with Crippen molar-refractivity contribution < 1.29 is 9.47 Å². The van der Waals surface area contributed by atoms with E-state index in [4.69, 9.17) is 14.5 Å². The fraction of sp³-hybridized carbons (Fsp3) is 0.571. The van der Waals surface area contributed by atoms with Gasteiger partial charge in [-0.25, -0.2) is 4.99 Å². The molecule has 0 radical (unpaired) electrons. The van der Waals surface area contributed by atoms with Gasteiger partial charge in [0, 0.05) is 33.9 Å². The van der Waals surface area contributed by atoms with Gasteiger partial charge in [-0.2, -0.15) is 0 Å². The summed E-state index contributed by atoms with van der Waals surface area (Å²) in [7, 11) is 3.96. The van der Waals surface area contributed by atoms with Crippen LogP contribution in [0.3, 0.4) is 0 Å². The molecule has 1 heterocycles. The summed E-state index contributed by atoms with van der Waals surface area (Å²) in [4.78, 5) is 6.81. The number of hydrogen-bond acceptors (Lipinski definition) is 5. The molecule has 0 atom stereocenters. The van der Waals surface area contributed by atoms with Crippen molar-refractivity contribution in [1.29, 1.82) is 0 Å². The summed E-state index contributed by atoms with van der Waals surface area (Å²) in [5.74, 6) is 3.44. The quantitative estimate of drug-likeness (QED) is 0.353. The van der Waals surface area contributed by atoms with Crippen molar-refractivity contribution in [2.24, 2.45) is 12.0 Å². The first kappa shape index (κ1) is 22.7. The molecule has 0 amide bonds. The van der Waals surface area contributed by atoms with Crippen molar-refractivity contribution in [3.63, 3.8) is 0 Å². The molecule has 1 N–H and O–H groups in total. The lowest BCUT2D eigenvalue weighted by atomic mass is 10.2. The molecule has 0 aliphatic heterocycles. The van der Waals surface area contributed by atoms with E-state index in [2.05, 4.69) is 33.4 Å². The third-order valence-electron chi connectivity index (χ3n) is 4.65. The minimum absolute atomic E-state index is 0.466. The number of aliphatic imine (C=N–C) groups is 1. The molecule has 0 fully saturated rings. The van der Waals surface area contributed by atoms with Crippen molar-refractivity contribution in [2.45, 2.75) is 33.7 Å². The monoisotopic (exact) mass is 402 g/mol. The van der Waals surface area contributed by atoms with Crippen LogP contribution in [0.2, 0.25) is 0 Å². The lowest BCUT2D eigenvalue weighted by molar-refractivity contribution is 0.145. The number of nitrogens with one attached hydrogen (secondary N) is 1. The highest BCUT2D eigenvalue weighted by atomic mass is 16.5. The van der Waals surface area contributed by atoms with Crippen LogP contribution in [0.1, 0.15) is 30.6 Å². The van der Waals surface area contributed by atoms with Gasteiger partial charge in [0.2, 0.25) is 0 Å². The number of hydrogen-bond donors (Lipinski definition) is 1. The fourth-order valence-electron chi connectivity index (χ4n) is 2.68. The normalized spacial score (nSPS) is 11.6. The first-order chi connectivity index (χ1) is 14.0. The van der Waals surface area contributed by atoms with Crippen molar-refractivity contribution in [2.75, 3.05) is 40.0 Å². The maximum absolute atomic E-state index is 5.93. The largest absolute Gasteiger partial charge is 0.491 e. The third-order valence-corrected chi connectivity index (χ3v) is 4.65. The molecule has 1 aromatic carbocycles. The molecule has 0 bridgehead atoms. The second-order valence-electron chi connectivity index (χ2n) is 6.88. The Labute approximate surface area is 173 Å². The van der Waals surface area contributed by atoms with Gasteiger partial charge in [-0.1, -0.05) is 18.2 Å². The number of para-hydroxylation sites is 1. The molecular formula is C21H34N6O2. The zero-order valence-electron chi connectivity index (χ0n) is 18.3. The number of likely N-dealkylation sites (N-methyl/N-ethyl adjacent to an activating group) is 1. The van der Waals surface area contributed by atoms with Gasteiger partial charge in [0.25, 0.3) is 0 Å². The Hall–Kier alpha value is -2.61. The molecule has 0 spiro atoms. The predicted octanol–water partition coefficient (Wildman–Crippen LogP) is 2.31. The minimum Gasteiger partial charge on any atom is -0.491 e. The number of aryl methyl sites for hydroxylation is 2. The van der Waals surface area contributed by atoms with E-state index in [1.54, 1.807) is 0 Å². The molecule has 0 saturated heterocycles. The first-order valence-electron chi connectivity index (χ1n) is 10.1. The average molecular weight is 403 g/mol. The van der Waals surface area contributed by atoms with E-state index in [1.165, 1.54) is 0 Å². The van der Waals surface area contributed by atoms with E-state index < -0.39 is 0 Å². The summed E-state index contributed by atoms with van der Waals surface area (Å²) in [5.41, 5.74) is 1.13. The molecule has 0 aliphatic rings. The molecule has 0 saturated carbocycles. The van der Waals surface area contributed by atoms with Gasteiger partial charge < -0.3 is 24.3 Å². The summed E-state index contributed by atoms with van der Waals surface area (Å²) in [5, 5.41) is 11.7. The lowest BCUT2D eigenvalue weighted by Gasteiger charge is -2.23. The summed E-state index contributed by atoms with van der Waals surface area (Å²) in [6.45, 7) is 10.0. The van der Waals surface area contributed by atoms with Gasteiger partial charge in [-0.3, -0.25) is 0 Å². The second kappa shape index (κ2) is 12.1. The van der Waals surface area contributed by atoms with Crippen molar-refractivity contribution in [3.05, 3.63) is 41.5 Å². The topological polar surface area (TPSA) is 76.8 Å². The molecule has 2 aromatic rings. The summed E-state index contributed by atoms with van der Waals surface area (Å²) in [6, 6.07) is 8.04. The number of aromatic nitrogens is 3. The van der Waals surface area contributed by atoms with Gasteiger partial charge >= 0.3 is 0 Å². The van der Waals surface area contributed by atoms with Gasteiger partial charge in [0.15, 0.2) is 11.8 Å². The van der Waals surface area contributed by atoms with Gasteiger partial charge in [-0.05, 0) is 38.8 Å². The smallest absolute Gasteiger partial charge is 0.194 e. The highest BCUT2D eigenvalue weighted by Crippen LogP contribution is 2.15. The maximum atomic E-state index is 5.93. The van der Waals surface area contributed by atoms with Crippen molar-refractivity contribution in [3.8, 4) is 5.75 Å². The van der Waals surface area contributed by atoms with E-state index in [0.29, 0.717) is 19.7 Å². The van der Waals surface area contributed by atoms with E-state index in [1.807, 2.05) is 50.7 Å². The average Bonchev–Trinajstić information content (AvgIpc) is 3.03. The standard InChI is InChI=1S/C21H34N6O2/c1-6-28-14-9-12-22-21(23-16-20-25-24-18(3)27(20)5)26(4)13-15-29-19-11-8-7-10-17(19)2/h7-8,10-11H,6,9,12-16H2,1-5H3,(H,22,23). The summed E-state index contributed by atoms with van der Waals surface area (Å²) in [6.07, 6.45) is 0.920. The molecular weight excluding hydrogens is 368 g/mol. The van der Waals surface area contributed by atoms with Crippen LogP contribution in [0.15, 0.2) is 29.3 Å². The van der Waals surface area contributed by atoms with Crippen LogP contribution < -0.4 is 10.1 Å². The zero-order valence-corrected chi connectivity index (χ0v) is 18.3. The van der Waals surface area contributed by atoms with Crippen LogP contribution >= 0.6 is 0 Å². The first-order valence-corrected chi connectivity index (χ1v) is 10.1. The Morgan fingerprint density at radius 1 is 1.21 bits per heavy atom. The number of ether oxygens (including phenoxy) is 2. The van der Waals surface area contributed by atoms with Crippen LogP contribution in [0.5, 0.6) is 5.75 Å². The Morgan fingerprint density at radius 3 is 2.69 bits per heavy atom. The molecule has 2 rings (SSSR count). The van der Waals surface area contributed by atoms with Gasteiger partial charge in [0.05, 0.1) is 6.54 Å². The zero-order chi connectivity index (χ0) is 21.1. The Morgan fingerprint density at radius 2 is 2.00 bits per heavy atom. The molecule has 0 aliphatic carbocycles. The SMILES string of the molecule is CCOCCCNC(=NCc1nnc(C)n1C)N(C)CCOc1ccccc1C. The van der Waals surface area contributed by atoms with Crippen LogP contribution in [0.4, 0.5) is 0 Å². The van der Waals surface area contributed by atoms with Crippen LogP contribution in [-0.2, 0) is 18.3 Å². The maximum Gasteiger partial charge on any atom is 0.194 e. The molecule has 160 valence electrons. The molecule has 8 nitrogen and oxygen atoms in total. The summed E-state index contributed by atoms with van der Waals surface area (Å²) >= 11 is 0. The second-order valence-corrected chi connectivity index (χ2v) is 6.88. The van der Waals surface area contributed by atoms with E-state index in [9.17, 15) is 0 Å². The van der Waals surface area contributed by atoms with E-state index in [-0.39, 0.29) is 0 Å². The molecule has 29 heavy (non-hydrogen) atoms. The predicted molar refractivity (Wildman–Crippen MR) is 115 cm³/mol. The Kier molecular flexibility index (Phi) is 9.43. The number of rotatable bonds is 11. The number of nitrogens with zero attached hydrogens (tertiary/aromatic N) is 5. The Bertz CT molecular complexity index is 774. The highest BCUT2D eigenvalue weighted by Gasteiger charge is 2.09. The van der Waals surface area contributed by atoms with Gasteiger partial charge in [0.1, 0.15) is 24.7 Å². The number of guanidine groups is 1. The minimum atomic E-state index is 0.466. The molecule has 8 heteroatoms. The molecule has 1 aromatic heterocycles. The van der Waals surface area contributed by atoms with Crippen LogP contribution in [-0.4, -0.2) is 65.6 Å². The fourth-order valence-corrected chi connectivity index (χ4v) is 2.68. The van der Waals surface area contributed by atoms with E-state index in [0.717, 1.165) is 55.1 Å². The van der Waals surface area contributed by atoms with Crippen LogP contribution in [0, 0.1) is 13.8 Å². The van der Waals surface area contributed by atoms with Crippen molar-refractivity contribution in [1.82, 2.24) is 25.0 Å². The number of benzene rings is 1. The van der Waals surface area contributed by atoms with Crippen LogP contribution in [0.25, 0.3) is 0 Å². The molecule has 0 unspecified atom stereocenters. The van der Waals surface area contributed by atoms with Gasteiger partial charge in [-0.15, -0.1) is 10.2 Å². The highest BCUT2D eigenvalue weighted by molar-refractivity contribution is 5.79. The van der Waals surface area contributed by atoms with E-state index >= 15 is 0 Å².